The maximum Gasteiger partial charge on any atom is 0.326 e. The first-order valence-corrected chi connectivity index (χ1v) is 6.35. The van der Waals surface area contributed by atoms with Crippen LogP contribution >= 0.6 is 0 Å². The molecular formula is C12H20N2O3. The molecule has 1 aliphatic heterocycles. The van der Waals surface area contributed by atoms with Crippen LogP contribution in [0.1, 0.15) is 32.6 Å². The van der Waals surface area contributed by atoms with Gasteiger partial charge in [-0.3, -0.25) is 4.79 Å². The number of carboxylic acids is 1. The maximum absolute atomic E-state index is 12.1. The van der Waals surface area contributed by atoms with Crippen molar-refractivity contribution in [3.8, 4) is 0 Å². The number of carbonyl (C=O) groups is 2. The molecule has 0 aromatic carbocycles. The van der Waals surface area contributed by atoms with Crippen molar-refractivity contribution in [2.45, 2.75) is 44.7 Å². The number of aliphatic carboxylic acids is 1. The number of nitrogens with zero attached hydrogens (tertiary/aromatic N) is 1. The Morgan fingerprint density at radius 2 is 2.18 bits per heavy atom. The molecule has 17 heavy (non-hydrogen) atoms. The van der Waals surface area contributed by atoms with Gasteiger partial charge in [0.25, 0.3) is 0 Å². The first-order valence-electron chi connectivity index (χ1n) is 6.35. The van der Waals surface area contributed by atoms with E-state index in [-0.39, 0.29) is 11.8 Å². The lowest BCUT2D eigenvalue weighted by atomic mass is 9.94. The lowest BCUT2D eigenvalue weighted by Crippen LogP contribution is -2.49. The van der Waals surface area contributed by atoms with E-state index in [1.807, 2.05) is 6.92 Å². The third kappa shape index (κ3) is 2.04. The molecule has 0 bridgehead atoms. The quantitative estimate of drug-likeness (QED) is 0.749. The van der Waals surface area contributed by atoms with Crippen molar-refractivity contribution in [1.29, 1.82) is 0 Å². The van der Waals surface area contributed by atoms with Crippen LogP contribution in [0.15, 0.2) is 0 Å². The normalized spacial score (nSPS) is 33.5. The zero-order chi connectivity index (χ0) is 12.6. The Balaban J connectivity index is 2.17. The van der Waals surface area contributed by atoms with E-state index >= 15 is 0 Å². The molecule has 2 fully saturated rings. The van der Waals surface area contributed by atoms with Crippen LogP contribution in [0.5, 0.6) is 0 Å². The Kier molecular flexibility index (Phi) is 3.38. The number of carboxylic acid groups (broad SMARTS) is 1. The molecule has 1 aliphatic carbocycles. The van der Waals surface area contributed by atoms with E-state index in [9.17, 15) is 14.7 Å². The molecule has 1 saturated heterocycles. The van der Waals surface area contributed by atoms with Crippen molar-refractivity contribution in [2.75, 3.05) is 6.54 Å². The Morgan fingerprint density at radius 3 is 2.76 bits per heavy atom. The second-order valence-electron chi connectivity index (χ2n) is 5.14. The minimum absolute atomic E-state index is 0.139. The average molecular weight is 240 g/mol. The molecule has 0 aromatic heterocycles. The molecule has 96 valence electrons. The fourth-order valence-corrected chi connectivity index (χ4v) is 3.24. The summed E-state index contributed by atoms with van der Waals surface area (Å²) in [6.45, 7) is 2.42. The van der Waals surface area contributed by atoms with Crippen LogP contribution in [0.3, 0.4) is 0 Å². The summed E-state index contributed by atoms with van der Waals surface area (Å²) in [5.74, 6) is -0.574. The first kappa shape index (κ1) is 12.4. The molecule has 1 saturated carbocycles. The third-order valence-corrected chi connectivity index (χ3v) is 4.18. The zero-order valence-corrected chi connectivity index (χ0v) is 10.1. The smallest absolute Gasteiger partial charge is 0.326 e. The van der Waals surface area contributed by atoms with E-state index in [1.54, 1.807) is 0 Å². The molecule has 2 rings (SSSR count). The van der Waals surface area contributed by atoms with E-state index in [2.05, 4.69) is 0 Å². The predicted octanol–water partition coefficient (Wildman–Crippen LogP) is 0.435. The largest absolute Gasteiger partial charge is 0.480 e. The summed E-state index contributed by atoms with van der Waals surface area (Å²) in [4.78, 5) is 24.9. The van der Waals surface area contributed by atoms with Crippen molar-refractivity contribution < 1.29 is 14.7 Å². The highest BCUT2D eigenvalue weighted by Gasteiger charge is 2.49. The van der Waals surface area contributed by atoms with Gasteiger partial charge in [0.05, 0.1) is 6.04 Å². The zero-order valence-electron chi connectivity index (χ0n) is 10.1. The van der Waals surface area contributed by atoms with E-state index in [1.165, 1.54) is 4.90 Å². The van der Waals surface area contributed by atoms with E-state index in [0.29, 0.717) is 18.9 Å². The van der Waals surface area contributed by atoms with Gasteiger partial charge in [-0.1, -0.05) is 13.3 Å². The molecule has 5 heteroatoms. The number of amides is 1. The van der Waals surface area contributed by atoms with Crippen molar-refractivity contribution >= 4 is 11.9 Å². The van der Waals surface area contributed by atoms with Crippen molar-refractivity contribution in [3.05, 3.63) is 0 Å². The molecule has 1 amide bonds. The Labute approximate surface area is 101 Å². The highest BCUT2D eigenvalue weighted by molar-refractivity contribution is 5.87. The summed E-state index contributed by atoms with van der Waals surface area (Å²) >= 11 is 0. The second-order valence-corrected chi connectivity index (χ2v) is 5.14. The minimum atomic E-state index is -0.879. The third-order valence-electron chi connectivity index (χ3n) is 4.18. The standard InChI is InChI=1S/C12H20N2O3/c1-2-9(13)11(15)14-6-7-4-3-5-8(7)10(14)12(16)17/h7-10H,2-6,13H2,1H3,(H,16,17). The summed E-state index contributed by atoms with van der Waals surface area (Å²) in [5, 5.41) is 9.30. The number of hydrogen-bond donors (Lipinski definition) is 2. The van der Waals surface area contributed by atoms with Crippen LogP contribution in [-0.2, 0) is 9.59 Å². The first-order chi connectivity index (χ1) is 8.06. The summed E-state index contributed by atoms with van der Waals surface area (Å²) in [7, 11) is 0. The van der Waals surface area contributed by atoms with Crippen LogP contribution < -0.4 is 5.73 Å². The number of nitrogens with two attached hydrogens (primary N) is 1. The van der Waals surface area contributed by atoms with E-state index in [0.717, 1.165) is 19.3 Å². The van der Waals surface area contributed by atoms with Crippen molar-refractivity contribution in [3.63, 3.8) is 0 Å². The second kappa shape index (κ2) is 4.64. The SMILES string of the molecule is CCC(N)C(=O)N1CC2CCCC2C1C(=O)O. The molecule has 1 heterocycles. The highest BCUT2D eigenvalue weighted by Crippen LogP contribution is 2.42. The van der Waals surface area contributed by atoms with Gasteiger partial charge in [0.2, 0.25) is 5.91 Å². The van der Waals surface area contributed by atoms with Gasteiger partial charge in [-0.25, -0.2) is 4.79 Å². The number of fused-ring (bicyclic) bond motifs is 1. The van der Waals surface area contributed by atoms with Gasteiger partial charge in [0.15, 0.2) is 0 Å². The fourth-order valence-electron chi connectivity index (χ4n) is 3.24. The topological polar surface area (TPSA) is 83.6 Å². The van der Waals surface area contributed by atoms with E-state index in [4.69, 9.17) is 5.73 Å². The maximum atomic E-state index is 12.1. The van der Waals surface area contributed by atoms with Crippen LogP contribution in [0.4, 0.5) is 0 Å². The van der Waals surface area contributed by atoms with Gasteiger partial charge in [-0.2, -0.15) is 0 Å². The lowest BCUT2D eigenvalue weighted by Gasteiger charge is -2.26. The highest BCUT2D eigenvalue weighted by atomic mass is 16.4. The molecule has 5 nitrogen and oxygen atoms in total. The molecule has 0 radical (unpaired) electrons. The van der Waals surface area contributed by atoms with Crippen LogP contribution in [0.2, 0.25) is 0 Å². The monoisotopic (exact) mass is 240 g/mol. The van der Waals surface area contributed by atoms with Crippen molar-refractivity contribution in [1.82, 2.24) is 4.90 Å². The van der Waals surface area contributed by atoms with E-state index < -0.39 is 18.1 Å². The van der Waals surface area contributed by atoms with Gasteiger partial charge < -0.3 is 15.7 Å². The average Bonchev–Trinajstić information content (AvgIpc) is 2.85. The molecular weight excluding hydrogens is 220 g/mol. The number of carbonyl (C=O) groups excluding carboxylic acids is 1. The Hall–Kier alpha value is -1.10. The molecule has 4 atom stereocenters. The molecule has 2 aliphatic rings. The summed E-state index contributed by atoms with van der Waals surface area (Å²) < 4.78 is 0. The number of rotatable bonds is 3. The molecule has 0 aromatic rings. The fraction of sp³-hybridized carbons (Fsp3) is 0.833. The van der Waals surface area contributed by atoms with Crippen LogP contribution in [0, 0.1) is 11.8 Å². The summed E-state index contributed by atoms with van der Waals surface area (Å²) in [6.07, 6.45) is 3.60. The Bertz CT molecular complexity index is 332. The van der Waals surface area contributed by atoms with Gasteiger partial charge in [0.1, 0.15) is 6.04 Å². The van der Waals surface area contributed by atoms with Gasteiger partial charge in [-0.15, -0.1) is 0 Å². The van der Waals surface area contributed by atoms with Gasteiger partial charge in [0, 0.05) is 6.54 Å². The van der Waals surface area contributed by atoms with Gasteiger partial charge >= 0.3 is 5.97 Å². The number of likely N-dealkylation sites (tertiary alicyclic amines) is 1. The minimum Gasteiger partial charge on any atom is -0.480 e. The molecule has 4 unspecified atom stereocenters. The molecule has 3 N–H and O–H groups in total. The number of hydrogen-bond acceptors (Lipinski definition) is 3. The van der Waals surface area contributed by atoms with Crippen molar-refractivity contribution in [2.24, 2.45) is 17.6 Å². The Morgan fingerprint density at radius 1 is 1.47 bits per heavy atom. The molecule has 0 spiro atoms. The summed E-state index contributed by atoms with van der Waals surface area (Å²) in [6, 6.07) is -1.21. The van der Waals surface area contributed by atoms with Crippen LogP contribution in [0.25, 0.3) is 0 Å². The predicted molar refractivity (Wildman–Crippen MR) is 62.2 cm³/mol. The van der Waals surface area contributed by atoms with Crippen LogP contribution in [-0.4, -0.2) is 40.5 Å². The summed E-state index contributed by atoms with van der Waals surface area (Å²) in [5.41, 5.74) is 5.72. The van der Waals surface area contributed by atoms with Gasteiger partial charge in [-0.05, 0) is 31.1 Å². The lowest BCUT2D eigenvalue weighted by molar-refractivity contribution is -0.150.